The summed E-state index contributed by atoms with van der Waals surface area (Å²) in [5, 5.41) is 3.64. The molecular formula is C39H28BN4. The Hall–Kier alpha value is -5.81. The molecule has 0 atom stereocenters. The van der Waals surface area contributed by atoms with Gasteiger partial charge in [0.1, 0.15) is 0 Å². The first kappa shape index (κ1) is 27.1. The van der Waals surface area contributed by atoms with Crippen molar-refractivity contribution in [1.29, 1.82) is 0 Å². The van der Waals surface area contributed by atoms with Crippen molar-refractivity contribution in [3.8, 4) is 45.3 Å². The van der Waals surface area contributed by atoms with Gasteiger partial charge in [-0.15, -0.1) is 0 Å². The second-order valence-electron chi connectivity index (χ2n) is 10.5. The topological polar surface area (TPSA) is 50.7 Å². The van der Waals surface area contributed by atoms with E-state index in [4.69, 9.17) is 15.0 Å². The molecule has 0 amide bonds. The second-order valence-corrected chi connectivity index (χ2v) is 10.5. The maximum Gasteiger partial charge on any atom is 0.194 e. The lowest BCUT2D eigenvalue weighted by Gasteiger charge is -2.15. The van der Waals surface area contributed by atoms with Crippen LogP contribution in [0.4, 0.5) is 11.4 Å². The first-order valence-electron chi connectivity index (χ1n) is 14.6. The van der Waals surface area contributed by atoms with E-state index in [1.165, 1.54) is 11.1 Å². The fourth-order valence-electron chi connectivity index (χ4n) is 5.13. The third kappa shape index (κ3) is 6.18. The van der Waals surface area contributed by atoms with Gasteiger partial charge in [-0.3, -0.25) is 0 Å². The molecule has 4 nitrogen and oxygen atoms in total. The molecule has 6 aromatic carbocycles. The van der Waals surface area contributed by atoms with E-state index in [9.17, 15) is 0 Å². The number of hydrogen-bond acceptors (Lipinski definition) is 4. The minimum Gasteiger partial charge on any atom is -0.356 e. The summed E-state index contributed by atoms with van der Waals surface area (Å²) in [4.78, 5) is 14.5. The highest BCUT2D eigenvalue weighted by atomic mass is 15.0. The standard InChI is InChI=1S/C39H28BN4/c1-5-13-28(14-6-1)32-23-26-36(35(27-32)40-33-19-11-4-12-20-33)41-34-24-21-31(22-25-34)39-43-37(29-15-7-2-8-16-29)42-38(44-39)30-17-9-3-10-18-30/h1-27,41H. The average molecular weight is 563 g/mol. The van der Waals surface area contributed by atoms with Crippen molar-refractivity contribution < 1.29 is 0 Å². The Balaban J connectivity index is 1.21. The number of aromatic nitrogens is 3. The number of hydrogen-bond donors (Lipinski definition) is 1. The van der Waals surface area contributed by atoms with Gasteiger partial charge < -0.3 is 5.32 Å². The Morgan fingerprint density at radius 3 is 1.34 bits per heavy atom. The van der Waals surface area contributed by atoms with E-state index in [-0.39, 0.29) is 0 Å². The Morgan fingerprint density at radius 1 is 0.386 bits per heavy atom. The highest BCUT2D eigenvalue weighted by Gasteiger charge is 2.13. The van der Waals surface area contributed by atoms with Crippen LogP contribution >= 0.6 is 0 Å². The molecule has 1 radical (unpaired) electrons. The Bertz CT molecular complexity index is 1920. The van der Waals surface area contributed by atoms with Crippen LogP contribution in [-0.2, 0) is 0 Å². The highest BCUT2D eigenvalue weighted by Crippen LogP contribution is 2.27. The van der Waals surface area contributed by atoms with E-state index in [0.29, 0.717) is 17.5 Å². The fourth-order valence-corrected chi connectivity index (χ4v) is 5.13. The van der Waals surface area contributed by atoms with Crippen LogP contribution in [-0.4, -0.2) is 22.2 Å². The van der Waals surface area contributed by atoms with Crippen LogP contribution in [0.15, 0.2) is 164 Å². The largest absolute Gasteiger partial charge is 0.356 e. The van der Waals surface area contributed by atoms with Gasteiger partial charge in [-0.05, 0) is 41.5 Å². The van der Waals surface area contributed by atoms with Crippen molar-refractivity contribution in [1.82, 2.24) is 15.0 Å². The van der Waals surface area contributed by atoms with Gasteiger partial charge in [0.15, 0.2) is 24.8 Å². The van der Waals surface area contributed by atoms with Crippen molar-refractivity contribution in [2.24, 2.45) is 0 Å². The zero-order chi connectivity index (χ0) is 29.6. The minimum atomic E-state index is 0.634. The molecule has 0 fully saturated rings. The van der Waals surface area contributed by atoms with Crippen molar-refractivity contribution >= 4 is 29.6 Å². The predicted molar refractivity (Wildman–Crippen MR) is 183 cm³/mol. The Morgan fingerprint density at radius 2 is 0.818 bits per heavy atom. The fraction of sp³-hybridized carbons (Fsp3) is 0. The first-order valence-corrected chi connectivity index (χ1v) is 14.6. The third-order valence-electron chi connectivity index (χ3n) is 7.40. The number of nitrogens with zero attached hydrogens (tertiary/aromatic N) is 3. The smallest absolute Gasteiger partial charge is 0.194 e. The molecule has 0 bridgehead atoms. The Labute approximate surface area is 258 Å². The summed E-state index contributed by atoms with van der Waals surface area (Å²) >= 11 is 0. The number of rotatable bonds is 8. The minimum absolute atomic E-state index is 0.634. The molecule has 0 aliphatic heterocycles. The lowest BCUT2D eigenvalue weighted by molar-refractivity contribution is 1.07. The van der Waals surface area contributed by atoms with Gasteiger partial charge in [0, 0.05) is 28.1 Å². The van der Waals surface area contributed by atoms with Crippen molar-refractivity contribution in [3.05, 3.63) is 164 Å². The number of anilines is 2. The van der Waals surface area contributed by atoms with Crippen LogP contribution in [0.5, 0.6) is 0 Å². The van der Waals surface area contributed by atoms with E-state index in [2.05, 4.69) is 104 Å². The molecule has 0 unspecified atom stereocenters. The first-order chi connectivity index (χ1) is 21.8. The molecule has 207 valence electrons. The van der Waals surface area contributed by atoms with Crippen LogP contribution in [0.3, 0.4) is 0 Å². The molecule has 0 saturated carbocycles. The van der Waals surface area contributed by atoms with Crippen LogP contribution in [0.2, 0.25) is 0 Å². The zero-order valence-corrected chi connectivity index (χ0v) is 24.0. The second kappa shape index (κ2) is 12.6. The van der Waals surface area contributed by atoms with E-state index in [0.717, 1.165) is 39.0 Å². The summed E-state index contributed by atoms with van der Waals surface area (Å²) in [6.07, 6.45) is 0. The predicted octanol–water partition coefficient (Wildman–Crippen LogP) is 7.94. The molecule has 5 heteroatoms. The molecule has 0 aliphatic rings. The lowest BCUT2D eigenvalue weighted by atomic mass is 9.63. The van der Waals surface area contributed by atoms with Crippen LogP contribution in [0, 0.1) is 0 Å². The molecule has 0 saturated heterocycles. The molecule has 7 rings (SSSR count). The number of benzene rings is 6. The van der Waals surface area contributed by atoms with Gasteiger partial charge >= 0.3 is 0 Å². The maximum absolute atomic E-state index is 4.86. The molecule has 1 heterocycles. The van der Waals surface area contributed by atoms with Gasteiger partial charge in [-0.25, -0.2) is 15.0 Å². The van der Waals surface area contributed by atoms with Crippen LogP contribution in [0.25, 0.3) is 45.3 Å². The van der Waals surface area contributed by atoms with Gasteiger partial charge in [0.05, 0.1) is 0 Å². The monoisotopic (exact) mass is 563 g/mol. The van der Waals surface area contributed by atoms with Gasteiger partial charge in [0.2, 0.25) is 0 Å². The SMILES string of the molecule is [B](c1ccccc1)c1cc(-c2ccccc2)ccc1Nc1ccc(-c2nc(-c3ccccc3)nc(-c3ccccc3)n2)cc1. The van der Waals surface area contributed by atoms with Crippen LogP contribution < -0.4 is 16.2 Å². The van der Waals surface area contributed by atoms with E-state index in [1.54, 1.807) is 0 Å². The summed E-state index contributed by atoms with van der Waals surface area (Å²) in [7, 11) is 2.21. The summed E-state index contributed by atoms with van der Waals surface area (Å²) in [5.41, 5.74) is 9.45. The van der Waals surface area contributed by atoms with Crippen molar-refractivity contribution in [3.63, 3.8) is 0 Å². The van der Waals surface area contributed by atoms with Gasteiger partial charge in [0.25, 0.3) is 0 Å². The number of nitrogens with one attached hydrogen (secondary N) is 1. The van der Waals surface area contributed by atoms with Crippen molar-refractivity contribution in [2.45, 2.75) is 0 Å². The van der Waals surface area contributed by atoms with Crippen LogP contribution in [0.1, 0.15) is 0 Å². The highest BCUT2D eigenvalue weighted by molar-refractivity contribution is 6.69. The van der Waals surface area contributed by atoms with Gasteiger partial charge in [-0.1, -0.05) is 144 Å². The molecule has 44 heavy (non-hydrogen) atoms. The van der Waals surface area contributed by atoms with Crippen molar-refractivity contribution in [2.75, 3.05) is 5.32 Å². The molecule has 1 N–H and O–H groups in total. The summed E-state index contributed by atoms with van der Waals surface area (Å²) < 4.78 is 0. The normalized spacial score (nSPS) is 10.7. The summed E-state index contributed by atoms with van der Waals surface area (Å²) in [6.45, 7) is 0. The molecule has 0 aliphatic carbocycles. The molecule has 7 aromatic rings. The maximum atomic E-state index is 4.86. The lowest BCUT2D eigenvalue weighted by Crippen LogP contribution is -2.29. The molecular weight excluding hydrogens is 535 g/mol. The zero-order valence-electron chi connectivity index (χ0n) is 24.0. The summed E-state index contributed by atoms with van der Waals surface area (Å²) in [5.74, 6) is 1.93. The third-order valence-corrected chi connectivity index (χ3v) is 7.40. The molecule has 1 aromatic heterocycles. The van der Waals surface area contributed by atoms with E-state index < -0.39 is 0 Å². The summed E-state index contributed by atoms with van der Waals surface area (Å²) in [6, 6.07) is 55.7. The quantitative estimate of drug-likeness (QED) is 0.191. The van der Waals surface area contributed by atoms with E-state index >= 15 is 0 Å². The average Bonchev–Trinajstić information content (AvgIpc) is 3.11. The van der Waals surface area contributed by atoms with E-state index in [1.807, 2.05) is 72.8 Å². The molecule has 0 spiro atoms. The van der Waals surface area contributed by atoms with Gasteiger partial charge in [-0.2, -0.15) is 0 Å². The Kier molecular flexibility index (Phi) is 7.75.